The predicted molar refractivity (Wildman–Crippen MR) is 41.9 cm³/mol. The third-order valence-corrected chi connectivity index (χ3v) is 1.45. The summed E-state index contributed by atoms with van der Waals surface area (Å²) in [7, 11) is 1.45. The number of nitrogens with one attached hydrogen (secondary N) is 1. The molecule has 0 aliphatic rings. The molecule has 0 unspecified atom stereocenters. The molecule has 0 aliphatic heterocycles. The molecule has 0 saturated carbocycles. The average molecular weight is 171 g/mol. The molecule has 1 aromatic carbocycles. The van der Waals surface area contributed by atoms with Gasteiger partial charge in [-0.25, -0.2) is 4.39 Å². The van der Waals surface area contributed by atoms with Gasteiger partial charge in [-0.15, -0.1) is 0 Å². The highest BCUT2D eigenvalue weighted by Gasteiger charge is 2.01. The first kappa shape index (κ1) is 8.96. The van der Waals surface area contributed by atoms with Gasteiger partial charge in [-0.05, 0) is 18.2 Å². The van der Waals surface area contributed by atoms with Gasteiger partial charge in [0.05, 0.1) is 7.11 Å². The highest BCUT2D eigenvalue weighted by Crippen LogP contribution is 2.17. The zero-order chi connectivity index (χ0) is 8.97. The summed E-state index contributed by atoms with van der Waals surface area (Å²) in [5, 5.41) is 9.20. The van der Waals surface area contributed by atoms with E-state index in [9.17, 15) is 9.50 Å². The molecular formula is C8H10FNO2. The van der Waals surface area contributed by atoms with E-state index >= 15 is 0 Å². The number of phenols is 1. The number of aromatic hydroxyl groups is 1. The first-order valence-electron chi connectivity index (χ1n) is 3.47. The molecule has 0 aromatic heterocycles. The molecule has 0 heterocycles. The maximum Gasteiger partial charge on any atom is 0.123 e. The lowest BCUT2D eigenvalue weighted by molar-refractivity contribution is 0.0861. The number of hydrogen-bond acceptors (Lipinski definition) is 3. The van der Waals surface area contributed by atoms with Crippen molar-refractivity contribution in [1.29, 1.82) is 0 Å². The first-order valence-corrected chi connectivity index (χ1v) is 3.47. The minimum Gasteiger partial charge on any atom is -0.508 e. The summed E-state index contributed by atoms with van der Waals surface area (Å²) in [4.78, 5) is 4.56. The van der Waals surface area contributed by atoms with E-state index in [4.69, 9.17) is 0 Å². The van der Waals surface area contributed by atoms with E-state index in [2.05, 4.69) is 10.3 Å². The molecule has 1 aromatic rings. The summed E-state index contributed by atoms with van der Waals surface area (Å²) in [5.41, 5.74) is 2.98. The van der Waals surface area contributed by atoms with Crippen LogP contribution in [-0.4, -0.2) is 12.2 Å². The fraction of sp³-hybridized carbons (Fsp3) is 0.250. The molecule has 0 amide bonds. The molecule has 1 rings (SSSR count). The summed E-state index contributed by atoms with van der Waals surface area (Å²) in [6.07, 6.45) is 0. The minimum atomic E-state index is -0.374. The average Bonchev–Trinajstić information content (AvgIpc) is 2.07. The van der Waals surface area contributed by atoms with Gasteiger partial charge in [0.15, 0.2) is 0 Å². The highest BCUT2D eigenvalue weighted by atomic mass is 19.1. The lowest BCUT2D eigenvalue weighted by Gasteiger charge is -2.04. The Balaban J connectivity index is 2.75. The van der Waals surface area contributed by atoms with Gasteiger partial charge < -0.3 is 9.94 Å². The van der Waals surface area contributed by atoms with Crippen molar-refractivity contribution < 1.29 is 14.3 Å². The number of hydrogen-bond donors (Lipinski definition) is 2. The highest BCUT2D eigenvalue weighted by molar-refractivity contribution is 5.32. The van der Waals surface area contributed by atoms with Gasteiger partial charge in [0.25, 0.3) is 0 Å². The van der Waals surface area contributed by atoms with Gasteiger partial charge in [0.1, 0.15) is 11.6 Å². The SMILES string of the molecule is CONCc1cc(F)ccc1O. The van der Waals surface area contributed by atoms with Gasteiger partial charge in [0.2, 0.25) is 0 Å². The van der Waals surface area contributed by atoms with Crippen LogP contribution in [0.1, 0.15) is 5.56 Å². The molecule has 0 saturated heterocycles. The Kier molecular flexibility index (Phi) is 3.01. The topological polar surface area (TPSA) is 41.5 Å². The molecule has 0 fully saturated rings. The van der Waals surface area contributed by atoms with Crippen LogP contribution in [-0.2, 0) is 11.4 Å². The monoisotopic (exact) mass is 171 g/mol. The molecule has 0 bridgehead atoms. The van der Waals surface area contributed by atoms with Crippen molar-refractivity contribution in [2.75, 3.05) is 7.11 Å². The van der Waals surface area contributed by atoms with Crippen LogP contribution >= 0.6 is 0 Å². The van der Waals surface area contributed by atoms with Crippen molar-refractivity contribution in [3.05, 3.63) is 29.6 Å². The number of rotatable bonds is 3. The van der Waals surface area contributed by atoms with Gasteiger partial charge in [-0.2, -0.15) is 5.48 Å². The standard InChI is InChI=1S/C8H10FNO2/c1-12-10-5-6-4-7(9)2-3-8(6)11/h2-4,10-11H,5H2,1H3. The van der Waals surface area contributed by atoms with Crippen LogP contribution < -0.4 is 5.48 Å². The zero-order valence-corrected chi connectivity index (χ0v) is 6.67. The minimum absolute atomic E-state index is 0.0564. The van der Waals surface area contributed by atoms with Crippen molar-refractivity contribution in [2.24, 2.45) is 0 Å². The van der Waals surface area contributed by atoms with Crippen molar-refractivity contribution in [3.63, 3.8) is 0 Å². The van der Waals surface area contributed by atoms with Crippen LogP contribution in [0.2, 0.25) is 0 Å². The Labute approximate surface area is 69.7 Å². The molecule has 0 atom stereocenters. The van der Waals surface area contributed by atoms with Crippen LogP contribution in [0.15, 0.2) is 18.2 Å². The number of hydroxylamine groups is 1. The van der Waals surface area contributed by atoms with E-state index in [1.165, 1.54) is 25.3 Å². The summed E-state index contributed by atoms with van der Waals surface area (Å²) in [5.74, 6) is -0.318. The summed E-state index contributed by atoms with van der Waals surface area (Å²) < 4.78 is 12.6. The summed E-state index contributed by atoms with van der Waals surface area (Å²) in [6.45, 7) is 0.278. The summed E-state index contributed by atoms with van der Waals surface area (Å²) >= 11 is 0. The van der Waals surface area contributed by atoms with E-state index in [0.717, 1.165) is 0 Å². The second kappa shape index (κ2) is 4.04. The van der Waals surface area contributed by atoms with Crippen LogP contribution in [0.3, 0.4) is 0 Å². The molecule has 2 N–H and O–H groups in total. The molecule has 66 valence electrons. The maximum atomic E-state index is 12.6. The summed E-state index contributed by atoms with van der Waals surface area (Å²) in [6, 6.07) is 3.76. The van der Waals surface area contributed by atoms with Crippen molar-refractivity contribution in [2.45, 2.75) is 6.54 Å². The van der Waals surface area contributed by atoms with Gasteiger partial charge in [-0.1, -0.05) is 0 Å². The van der Waals surface area contributed by atoms with E-state index < -0.39 is 0 Å². The number of phenolic OH excluding ortho intramolecular Hbond substituents is 1. The molecule has 0 aliphatic carbocycles. The Morgan fingerprint density at radius 1 is 1.58 bits per heavy atom. The largest absolute Gasteiger partial charge is 0.508 e. The van der Waals surface area contributed by atoms with Crippen LogP contribution in [0.5, 0.6) is 5.75 Å². The third-order valence-electron chi connectivity index (χ3n) is 1.45. The second-order valence-electron chi connectivity index (χ2n) is 2.30. The van der Waals surface area contributed by atoms with Crippen molar-refractivity contribution >= 4 is 0 Å². The molecule has 3 nitrogen and oxygen atoms in total. The van der Waals surface area contributed by atoms with Crippen LogP contribution in [0, 0.1) is 5.82 Å². The van der Waals surface area contributed by atoms with E-state index in [-0.39, 0.29) is 18.1 Å². The normalized spacial score (nSPS) is 10.2. The van der Waals surface area contributed by atoms with Crippen molar-refractivity contribution in [3.8, 4) is 5.75 Å². The second-order valence-corrected chi connectivity index (χ2v) is 2.30. The number of halogens is 1. The lowest BCUT2D eigenvalue weighted by Crippen LogP contribution is -2.10. The molecule has 0 spiro atoms. The Morgan fingerprint density at radius 3 is 3.00 bits per heavy atom. The predicted octanol–water partition coefficient (Wildman–Crippen LogP) is 1.18. The van der Waals surface area contributed by atoms with Crippen LogP contribution in [0.25, 0.3) is 0 Å². The van der Waals surface area contributed by atoms with Gasteiger partial charge in [0, 0.05) is 12.1 Å². The molecular weight excluding hydrogens is 161 g/mol. The van der Waals surface area contributed by atoms with Gasteiger partial charge in [-0.3, -0.25) is 0 Å². The fourth-order valence-electron chi connectivity index (χ4n) is 0.846. The van der Waals surface area contributed by atoms with Crippen molar-refractivity contribution in [1.82, 2.24) is 5.48 Å². The fourth-order valence-corrected chi connectivity index (χ4v) is 0.846. The quantitative estimate of drug-likeness (QED) is 0.671. The number of benzene rings is 1. The zero-order valence-electron chi connectivity index (χ0n) is 6.67. The smallest absolute Gasteiger partial charge is 0.123 e. The maximum absolute atomic E-state index is 12.6. The Morgan fingerprint density at radius 2 is 2.33 bits per heavy atom. The van der Waals surface area contributed by atoms with E-state index in [1.807, 2.05) is 0 Å². The Hall–Kier alpha value is -1.13. The third kappa shape index (κ3) is 2.18. The molecule has 12 heavy (non-hydrogen) atoms. The van der Waals surface area contributed by atoms with Crippen LogP contribution in [0.4, 0.5) is 4.39 Å². The molecule has 4 heteroatoms. The van der Waals surface area contributed by atoms with E-state index in [1.54, 1.807) is 0 Å². The van der Waals surface area contributed by atoms with Gasteiger partial charge >= 0.3 is 0 Å². The molecule has 0 radical (unpaired) electrons. The van der Waals surface area contributed by atoms with E-state index in [0.29, 0.717) is 5.56 Å². The Bertz CT molecular complexity index is 265. The lowest BCUT2D eigenvalue weighted by atomic mass is 10.2. The first-order chi connectivity index (χ1) is 5.74.